The minimum Gasteiger partial charge on any atom is -0.478 e. The minimum atomic E-state index is -0.931. The van der Waals surface area contributed by atoms with Gasteiger partial charge in [0.25, 0.3) is 0 Å². The molecule has 0 saturated heterocycles. The van der Waals surface area contributed by atoms with Gasteiger partial charge in [-0.3, -0.25) is 4.79 Å². The van der Waals surface area contributed by atoms with E-state index in [1.165, 1.54) is 11.1 Å². The van der Waals surface area contributed by atoms with Crippen LogP contribution in [-0.4, -0.2) is 16.9 Å². The van der Waals surface area contributed by atoms with Gasteiger partial charge in [0.15, 0.2) is 5.78 Å². The third kappa shape index (κ3) is 5.20. The van der Waals surface area contributed by atoms with Gasteiger partial charge in [-0.2, -0.15) is 0 Å². The van der Waals surface area contributed by atoms with Crippen molar-refractivity contribution in [3.63, 3.8) is 0 Å². The molecule has 0 spiro atoms. The molecule has 170 valence electrons. The molecule has 2 aromatic rings. The zero-order valence-electron chi connectivity index (χ0n) is 20.1. The van der Waals surface area contributed by atoms with Crippen molar-refractivity contribution in [2.24, 2.45) is 0 Å². The number of carboxylic acids is 1. The van der Waals surface area contributed by atoms with Gasteiger partial charge in [-0.1, -0.05) is 77.8 Å². The van der Waals surface area contributed by atoms with Crippen LogP contribution in [0.1, 0.15) is 116 Å². The number of carboxylic acid groups (broad SMARTS) is 1. The SMILES string of the molecule is CCCCCC(=O)c1cc2c(cc1C=Cc1ccc(C(=O)O)cc1)C(C)(C)CCC2(C)C. The molecule has 32 heavy (non-hydrogen) atoms. The first-order valence-electron chi connectivity index (χ1n) is 11.8. The van der Waals surface area contributed by atoms with Crippen molar-refractivity contribution < 1.29 is 14.7 Å². The first kappa shape index (κ1) is 24.0. The van der Waals surface area contributed by atoms with Crippen molar-refractivity contribution >= 4 is 23.9 Å². The predicted molar refractivity (Wildman–Crippen MR) is 133 cm³/mol. The summed E-state index contributed by atoms with van der Waals surface area (Å²) < 4.78 is 0. The molecule has 3 heteroatoms. The normalized spacial score (nSPS) is 16.7. The average molecular weight is 433 g/mol. The molecule has 0 radical (unpaired) electrons. The molecular weight excluding hydrogens is 396 g/mol. The standard InChI is InChI=1S/C29H36O3/c1-6-7-8-9-26(30)23-19-25-24(28(2,3)16-17-29(25,4)5)18-22(23)15-12-20-10-13-21(14-11-20)27(31)32/h10-15,18-19H,6-9,16-17H2,1-5H3,(H,31,32). The van der Waals surface area contributed by atoms with E-state index < -0.39 is 5.97 Å². The Kier molecular flexibility index (Phi) is 7.07. The molecule has 1 aliphatic rings. The van der Waals surface area contributed by atoms with Gasteiger partial charge in [-0.25, -0.2) is 4.79 Å². The number of carbonyl (C=O) groups is 2. The van der Waals surface area contributed by atoms with Gasteiger partial charge in [0, 0.05) is 12.0 Å². The molecule has 0 aromatic heterocycles. The van der Waals surface area contributed by atoms with E-state index in [4.69, 9.17) is 5.11 Å². The fraction of sp³-hybridized carbons (Fsp3) is 0.448. The summed E-state index contributed by atoms with van der Waals surface area (Å²) in [5, 5.41) is 9.12. The lowest BCUT2D eigenvalue weighted by atomic mass is 9.62. The maximum absolute atomic E-state index is 13.2. The number of benzene rings is 2. The topological polar surface area (TPSA) is 54.4 Å². The van der Waals surface area contributed by atoms with E-state index in [1.54, 1.807) is 24.3 Å². The maximum Gasteiger partial charge on any atom is 0.335 e. The van der Waals surface area contributed by atoms with E-state index in [9.17, 15) is 9.59 Å². The van der Waals surface area contributed by atoms with Crippen LogP contribution in [0.25, 0.3) is 12.2 Å². The summed E-state index contributed by atoms with van der Waals surface area (Å²) in [4.78, 5) is 24.3. The molecule has 0 amide bonds. The molecule has 0 fully saturated rings. The number of carbonyl (C=O) groups excluding carboxylic acids is 1. The van der Waals surface area contributed by atoms with Crippen LogP contribution in [-0.2, 0) is 10.8 Å². The number of hydrogen-bond donors (Lipinski definition) is 1. The van der Waals surface area contributed by atoms with Crippen LogP contribution in [0.2, 0.25) is 0 Å². The highest BCUT2D eigenvalue weighted by molar-refractivity contribution is 6.00. The largest absolute Gasteiger partial charge is 0.478 e. The summed E-state index contributed by atoms with van der Waals surface area (Å²) >= 11 is 0. The van der Waals surface area contributed by atoms with Gasteiger partial charge in [0.2, 0.25) is 0 Å². The first-order chi connectivity index (χ1) is 15.0. The summed E-state index contributed by atoms with van der Waals surface area (Å²) in [7, 11) is 0. The zero-order valence-corrected chi connectivity index (χ0v) is 20.1. The molecule has 0 atom stereocenters. The Bertz CT molecular complexity index is 1020. The lowest BCUT2D eigenvalue weighted by Gasteiger charge is -2.42. The van der Waals surface area contributed by atoms with Crippen LogP contribution in [0.4, 0.5) is 0 Å². The third-order valence-electron chi connectivity index (χ3n) is 6.94. The highest BCUT2D eigenvalue weighted by Gasteiger charge is 2.37. The van der Waals surface area contributed by atoms with Crippen LogP contribution in [0, 0.1) is 0 Å². The van der Waals surface area contributed by atoms with E-state index in [0.29, 0.717) is 6.42 Å². The van der Waals surface area contributed by atoms with Crippen LogP contribution >= 0.6 is 0 Å². The number of Topliss-reactive ketones (excluding diaryl/α,β-unsaturated/α-hetero) is 1. The van der Waals surface area contributed by atoms with Crippen LogP contribution in [0.15, 0.2) is 36.4 Å². The van der Waals surface area contributed by atoms with Crippen LogP contribution in [0.5, 0.6) is 0 Å². The van der Waals surface area contributed by atoms with E-state index >= 15 is 0 Å². The average Bonchev–Trinajstić information content (AvgIpc) is 2.75. The third-order valence-corrected chi connectivity index (χ3v) is 6.94. The number of aromatic carboxylic acids is 1. The maximum atomic E-state index is 13.2. The summed E-state index contributed by atoms with van der Waals surface area (Å²) in [6, 6.07) is 11.2. The molecule has 0 aliphatic heterocycles. The molecule has 1 N–H and O–H groups in total. The van der Waals surface area contributed by atoms with Crippen molar-refractivity contribution in [1.82, 2.24) is 0 Å². The van der Waals surface area contributed by atoms with Gasteiger partial charge in [0.05, 0.1) is 5.56 Å². The Hall–Kier alpha value is -2.68. The van der Waals surface area contributed by atoms with E-state index in [0.717, 1.165) is 48.8 Å². The Morgan fingerprint density at radius 3 is 2.06 bits per heavy atom. The second-order valence-electron chi connectivity index (χ2n) is 10.4. The molecule has 3 nitrogen and oxygen atoms in total. The van der Waals surface area contributed by atoms with E-state index in [-0.39, 0.29) is 22.2 Å². The van der Waals surface area contributed by atoms with Crippen molar-refractivity contribution in [1.29, 1.82) is 0 Å². The summed E-state index contributed by atoms with van der Waals surface area (Å²) in [6.07, 6.45) is 9.87. The summed E-state index contributed by atoms with van der Waals surface area (Å²) in [5.74, 6) is -0.721. The Labute approximate surface area is 192 Å². The van der Waals surface area contributed by atoms with E-state index in [2.05, 4.69) is 46.8 Å². The lowest BCUT2D eigenvalue weighted by Crippen LogP contribution is -2.34. The van der Waals surface area contributed by atoms with Crippen LogP contribution in [0.3, 0.4) is 0 Å². The molecule has 0 saturated carbocycles. The monoisotopic (exact) mass is 432 g/mol. The second kappa shape index (κ2) is 9.44. The zero-order chi connectivity index (χ0) is 23.5. The number of hydrogen-bond acceptors (Lipinski definition) is 2. The molecule has 1 aliphatic carbocycles. The molecule has 3 rings (SSSR count). The summed E-state index contributed by atoms with van der Waals surface area (Å²) in [6.45, 7) is 11.3. The number of fused-ring (bicyclic) bond motifs is 1. The quantitative estimate of drug-likeness (QED) is 0.264. The van der Waals surface area contributed by atoms with Crippen molar-refractivity contribution in [2.45, 2.75) is 84.0 Å². The fourth-order valence-corrected chi connectivity index (χ4v) is 4.60. The van der Waals surface area contributed by atoms with Gasteiger partial charge < -0.3 is 5.11 Å². The lowest BCUT2D eigenvalue weighted by molar-refractivity contribution is 0.0696. The molecular formula is C29H36O3. The first-order valence-corrected chi connectivity index (χ1v) is 11.8. The Morgan fingerprint density at radius 1 is 0.906 bits per heavy atom. The highest BCUT2D eigenvalue weighted by atomic mass is 16.4. The number of unbranched alkanes of at least 4 members (excludes halogenated alkanes) is 2. The minimum absolute atomic E-state index is 0.0538. The molecule has 2 aromatic carbocycles. The van der Waals surface area contributed by atoms with E-state index in [1.807, 2.05) is 12.2 Å². The second-order valence-corrected chi connectivity index (χ2v) is 10.4. The number of ketones is 1. The molecule has 0 heterocycles. The Morgan fingerprint density at radius 2 is 1.50 bits per heavy atom. The molecule has 0 unspecified atom stereocenters. The van der Waals surface area contributed by atoms with Crippen molar-refractivity contribution in [3.8, 4) is 0 Å². The Balaban J connectivity index is 2.05. The van der Waals surface area contributed by atoms with Crippen molar-refractivity contribution in [2.75, 3.05) is 0 Å². The highest BCUT2D eigenvalue weighted by Crippen LogP contribution is 2.47. The smallest absolute Gasteiger partial charge is 0.335 e. The number of rotatable bonds is 8. The van der Waals surface area contributed by atoms with Gasteiger partial charge in [0.1, 0.15) is 0 Å². The van der Waals surface area contributed by atoms with Crippen molar-refractivity contribution in [3.05, 3.63) is 69.8 Å². The van der Waals surface area contributed by atoms with Gasteiger partial charge in [-0.15, -0.1) is 0 Å². The molecule has 0 bridgehead atoms. The summed E-state index contributed by atoms with van der Waals surface area (Å²) in [5.41, 5.74) is 5.71. The van der Waals surface area contributed by atoms with Crippen LogP contribution < -0.4 is 0 Å². The fourth-order valence-electron chi connectivity index (χ4n) is 4.60. The van der Waals surface area contributed by atoms with Gasteiger partial charge in [-0.05, 0) is 70.5 Å². The van der Waals surface area contributed by atoms with Gasteiger partial charge >= 0.3 is 5.97 Å². The predicted octanol–water partition coefficient (Wildman–Crippen LogP) is 7.67.